The van der Waals surface area contributed by atoms with Crippen LogP contribution in [0.1, 0.15) is 31.5 Å². The van der Waals surface area contributed by atoms with E-state index in [9.17, 15) is 22.8 Å². The molecule has 5 aromatic rings. The largest absolute Gasteiger partial charge is 0.433 e. The van der Waals surface area contributed by atoms with Gasteiger partial charge in [0.05, 0.1) is 11.9 Å². The maximum Gasteiger partial charge on any atom is 0.433 e. The van der Waals surface area contributed by atoms with Crippen LogP contribution in [0.15, 0.2) is 36.8 Å². The standard InChI is InChI=1S/C21H15F3N8O2S/c1-9-11(8-27-31(9)2)10-6-13(21(22,23)24)28-20-15(10)16(17(35-20)18(25)33)29-19(34)12-7-14-26-4-3-5-32(14)30-12/h3-8H,1-2H3,(H2,25,33)(H,29,34). The van der Waals surface area contributed by atoms with E-state index in [1.807, 2.05) is 0 Å². The van der Waals surface area contributed by atoms with Gasteiger partial charge in [-0.05, 0) is 24.6 Å². The van der Waals surface area contributed by atoms with Crippen LogP contribution in [0.5, 0.6) is 0 Å². The zero-order valence-electron chi connectivity index (χ0n) is 18.1. The van der Waals surface area contributed by atoms with E-state index in [1.165, 1.54) is 27.7 Å². The fourth-order valence-corrected chi connectivity index (χ4v) is 4.64. The van der Waals surface area contributed by atoms with Gasteiger partial charge in [0.15, 0.2) is 11.3 Å². The predicted octanol–water partition coefficient (Wildman–Crippen LogP) is 3.42. The van der Waals surface area contributed by atoms with Crippen LogP contribution >= 0.6 is 11.3 Å². The van der Waals surface area contributed by atoms with E-state index in [4.69, 9.17) is 5.73 Å². The topological polar surface area (TPSA) is 133 Å². The molecule has 5 rings (SSSR count). The van der Waals surface area contributed by atoms with Gasteiger partial charge in [-0.15, -0.1) is 11.3 Å². The SMILES string of the molecule is Cc1c(-c2cc(C(F)(F)F)nc3sc(C(N)=O)c(NC(=O)c4cc5ncccn5n4)c23)cnn1C. The number of aromatic nitrogens is 6. The van der Waals surface area contributed by atoms with Crippen molar-refractivity contribution in [1.29, 1.82) is 0 Å². The normalized spacial score (nSPS) is 11.9. The van der Waals surface area contributed by atoms with Crippen molar-refractivity contribution in [3.05, 3.63) is 58.7 Å². The summed E-state index contributed by atoms with van der Waals surface area (Å²) in [5, 5.41) is 11.0. The van der Waals surface area contributed by atoms with Crippen molar-refractivity contribution in [3.8, 4) is 11.1 Å². The number of fused-ring (bicyclic) bond motifs is 2. The maximum atomic E-state index is 13.7. The molecule has 5 aromatic heterocycles. The molecule has 0 spiro atoms. The summed E-state index contributed by atoms with van der Waals surface area (Å²) >= 11 is 0.660. The van der Waals surface area contributed by atoms with Gasteiger partial charge < -0.3 is 11.1 Å². The molecule has 0 radical (unpaired) electrons. The summed E-state index contributed by atoms with van der Waals surface area (Å²) < 4.78 is 43.9. The molecule has 2 amide bonds. The summed E-state index contributed by atoms with van der Waals surface area (Å²) in [4.78, 5) is 32.9. The first-order valence-electron chi connectivity index (χ1n) is 10.00. The fourth-order valence-electron chi connectivity index (χ4n) is 3.63. The van der Waals surface area contributed by atoms with Crippen molar-refractivity contribution in [1.82, 2.24) is 29.4 Å². The third kappa shape index (κ3) is 3.77. The van der Waals surface area contributed by atoms with Gasteiger partial charge in [0, 0.05) is 42.2 Å². The molecule has 0 saturated heterocycles. The van der Waals surface area contributed by atoms with Gasteiger partial charge >= 0.3 is 6.18 Å². The van der Waals surface area contributed by atoms with E-state index in [-0.39, 0.29) is 32.0 Å². The van der Waals surface area contributed by atoms with Crippen molar-refractivity contribution in [3.63, 3.8) is 0 Å². The Bertz CT molecular complexity index is 1620. The number of rotatable bonds is 4. The molecular formula is C21H15F3N8O2S. The van der Waals surface area contributed by atoms with Gasteiger partial charge in [-0.3, -0.25) is 14.3 Å². The molecule has 0 aliphatic heterocycles. The number of nitrogens with two attached hydrogens (primary N) is 1. The van der Waals surface area contributed by atoms with Crippen LogP contribution in [0.3, 0.4) is 0 Å². The highest BCUT2D eigenvalue weighted by molar-refractivity contribution is 7.21. The lowest BCUT2D eigenvalue weighted by Crippen LogP contribution is -2.17. The third-order valence-electron chi connectivity index (χ3n) is 5.41. The van der Waals surface area contributed by atoms with Gasteiger partial charge in [-0.1, -0.05) is 0 Å². The Morgan fingerprint density at radius 1 is 1.20 bits per heavy atom. The van der Waals surface area contributed by atoms with Crippen LogP contribution < -0.4 is 11.1 Å². The van der Waals surface area contributed by atoms with Crippen molar-refractivity contribution in [2.45, 2.75) is 13.1 Å². The highest BCUT2D eigenvalue weighted by Crippen LogP contribution is 2.44. The molecule has 35 heavy (non-hydrogen) atoms. The van der Waals surface area contributed by atoms with Crippen LogP contribution in [-0.4, -0.2) is 41.2 Å². The Hall–Kier alpha value is -4.33. The summed E-state index contributed by atoms with van der Waals surface area (Å²) in [5.41, 5.74) is 5.77. The van der Waals surface area contributed by atoms with Gasteiger partial charge in [0.25, 0.3) is 11.8 Å². The number of primary amides is 1. The molecule has 14 heteroatoms. The van der Waals surface area contributed by atoms with Gasteiger partial charge in [-0.2, -0.15) is 23.4 Å². The summed E-state index contributed by atoms with van der Waals surface area (Å²) in [5.74, 6) is -1.63. The first kappa shape index (κ1) is 22.5. The van der Waals surface area contributed by atoms with Gasteiger partial charge in [-0.25, -0.2) is 14.5 Å². The number of nitrogens with one attached hydrogen (secondary N) is 1. The molecule has 0 saturated carbocycles. The zero-order chi connectivity index (χ0) is 25.1. The number of nitrogens with zero attached hydrogens (tertiary/aromatic N) is 6. The quantitative estimate of drug-likeness (QED) is 0.389. The lowest BCUT2D eigenvalue weighted by molar-refractivity contribution is -0.140. The fraction of sp³-hybridized carbons (Fsp3) is 0.143. The number of aryl methyl sites for hydroxylation is 1. The molecule has 0 fully saturated rings. The number of carbonyl (C=O) groups is 2. The Balaban J connectivity index is 1.74. The molecule has 0 atom stereocenters. The molecule has 0 bridgehead atoms. The Morgan fingerprint density at radius 3 is 2.60 bits per heavy atom. The van der Waals surface area contributed by atoms with E-state index < -0.39 is 23.7 Å². The van der Waals surface area contributed by atoms with E-state index in [0.29, 0.717) is 28.2 Å². The van der Waals surface area contributed by atoms with E-state index in [0.717, 1.165) is 6.07 Å². The zero-order valence-corrected chi connectivity index (χ0v) is 18.9. The second-order valence-corrected chi connectivity index (χ2v) is 8.58. The maximum absolute atomic E-state index is 13.7. The van der Waals surface area contributed by atoms with Crippen molar-refractivity contribution >= 4 is 44.7 Å². The summed E-state index contributed by atoms with van der Waals surface area (Å²) in [6.07, 6.45) is -0.212. The number of halogens is 3. The average Bonchev–Trinajstić information content (AvgIpc) is 3.48. The molecule has 0 aliphatic rings. The Kier molecular flexibility index (Phi) is 5.05. The third-order valence-corrected chi connectivity index (χ3v) is 6.51. The number of hydrogen-bond donors (Lipinski definition) is 2. The lowest BCUT2D eigenvalue weighted by atomic mass is 10.0. The van der Waals surface area contributed by atoms with Crippen LogP contribution in [-0.2, 0) is 13.2 Å². The molecule has 0 aliphatic carbocycles. The van der Waals surface area contributed by atoms with Gasteiger partial charge in [0.2, 0.25) is 0 Å². The van der Waals surface area contributed by atoms with Crippen LogP contribution in [0.4, 0.5) is 18.9 Å². The second-order valence-electron chi connectivity index (χ2n) is 7.58. The summed E-state index contributed by atoms with van der Waals surface area (Å²) in [6.45, 7) is 1.69. The second kappa shape index (κ2) is 7.87. The number of carbonyl (C=O) groups excluding carboxylic acids is 2. The Morgan fingerprint density at radius 2 is 1.97 bits per heavy atom. The molecule has 3 N–H and O–H groups in total. The van der Waals surface area contributed by atoms with E-state index in [2.05, 4.69) is 25.5 Å². The number of alkyl halides is 3. The first-order chi connectivity index (χ1) is 16.5. The molecule has 178 valence electrons. The molecule has 0 aromatic carbocycles. The minimum Gasteiger partial charge on any atom is -0.365 e. The van der Waals surface area contributed by atoms with Gasteiger partial charge in [0.1, 0.15) is 15.4 Å². The van der Waals surface area contributed by atoms with Crippen molar-refractivity contribution in [2.24, 2.45) is 12.8 Å². The monoisotopic (exact) mass is 500 g/mol. The predicted molar refractivity (Wildman–Crippen MR) is 121 cm³/mol. The lowest BCUT2D eigenvalue weighted by Gasteiger charge is -2.12. The van der Waals surface area contributed by atoms with Crippen LogP contribution in [0.25, 0.3) is 27.0 Å². The number of amides is 2. The summed E-state index contributed by atoms with van der Waals surface area (Å²) in [7, 11) is 1.64. The van der Waals surface area contributed by atoms with Crippen molar-refractivity contribution in [2.75, 3.05) is 5.32 Å². The van der Waals surface area contributed by atoms with Crippen LogP contribution in [0, 0.1) is 6.92 Å². The number of hydrogen-bond acceptors (Lipinski definition) is 7. The molecule has 0 unspecified atom stereocenters. The summed E-state index contributed by atoms with van der Waals surface area (Å²) in [6, 6.07) is 3.93. The number of pyridine rings is 1. The highest BCUT2D eigenvalue weighted by atomic mass is 32.1. The average molecular weight is 500 g/mol. The van der Waals surface area contributed by atoms with E-state index in [1.54, 1.807) is 26.2 Å². The minimum absolute atomic E-state index is 0.0163. The van der Waals surface area contributed by atoms with Crippen molar-refractivity contribution < 1.29 is 22.8 Å². The molecule has 10 nitrogen and oxygen atoms in total. The highest BCUT2D eigenvalue weighted by Gasteiger charge is 2.35. The first-order valence-corrected chi connectivity index (χ1v) is 10.8. The molecular weight excluding hydrogens is 485 g/mol. The smallest absolute Gasteiger partial charge is 0.365 e. The molecule has 5 heterocycles. The number of thiophene rings is 1. The number of anilines is 1. The van der Waals surface area contributed by atoms with E-state index >= 15 is 0 Å². The Labute approximate surface area is 198 Å². The minimum atomic E-state index is -4.75. The van der Waals surface area contributed by atoms with Crippen LogP contribution in [0.2, 0.25) is 0 Å².